The summed E-state index contributed by atoms with van der Waals surface area (Å²) in [7, 11) is 0. The summed E-state index contributed by atoms with van der Waals surface area (Å²) in [5, 5.41) is 10.8. The van der Waals surface area contributed by atoms with Crippen molar-refractivity contribution in [2.24, 2.45) is 0 Å². The van der Waals surface area contributed by atoms with Crippen LogP contribution in [0.1, 0.15) is 45.1 Å². The topological polar surface area (TPSA) is 62.2 Å². The number of hydrogen-bond donors (Lipinski definition) is 2. The van der Waals surface area contributed by atoms with Crippen molar-refractivity contribution in [3.8, 4) is 0 Å². The molecular weight excluding hydrogens is 278 g/mol. The third kappa shape index (κ3) is 3.67. The lowest BCUT2D eigenvalue weighted by molar-refractivity contribution is -0.120. The first-order valence-electron chi connectivity index (χ1n) is 8.55. The predicted molar refractivity (Wildman–Crippen MR) is 86.9 cm³/mol. The summed E-state index contributed by atoms with van der Waals surface area (Å²) in [6, 6.07) is 2.22. The molecule has 2 aliphatic heterocycles. The van der Waals surface area contributed by atoms with Crippen LogP contribution in [0.3, 0.4) is 0 Å². The lowest BCUT2D eigenvalue weighted by Crippen LogP contribution is -2.42. The molecule has 0 bridgehead atoms. The predicted octanol–water partition coefficient (Wildman–Crippen LogP) is 1.62. The van der Waals surface area contributed by atoms with Gasteiger partial charge in [0.15, 0.2) is 5.82 Å². The van der Waals surface area contributed by atoms with E-state index in [-0.39, 0.29) is 11.9 Å². The summed E-state index contributed by atoms with van der Waals surface area (Å²) in [5.74, 6) is 0.718. The average molecular weight is 305 g/mol. The van der Waals surface area contributed by atoms with E-state index in [1.807, 2.05) is 23.9 Å². The van der Waals surface area contributed by atoms with Gasteiger partial charge in [0.1, 0.15) is 0 Å². The van der Waals surface area contributed by atoms with Crippen LogP contribution in [0.15, 0.2) is 12.3 Å². The van der Waals surface area contributed by atoms with E-state index >= 15 is 0 Å². The van der Waals surface area contributed by atoms with Crippen LogP contribution in [0.5, 0.6) is 0 Å². The van der Waals surface area contributed by atoms with Crippen molar-refractivity contribution in [2.45, 2.75) is 51.1 Å². The summed E-state index contributed by atoms with van der Waals surface area (Å²) in [4.78, 5) is 14.7. The van der Waals surface area contributed by atoms with Gasteiger partial charge in [0, 0.05) is 18.8 Å². The first-order chi connectivity index (χ1) is 10.7. The van der Waals surface area contributed by atoms with E-state index in [0.717, 1.165) is 32.6 Å². The number of hydrogen-bond acceptors (Lipinski definition) is 4. The van der Waals surface area contributed by atoms with Crippen molar-refractivity contribution in [1.29, 1.82) is 0 Å². The van der Waals surface area contributed by atoms with Crippen LogP contribution in [0.25, 0.3) is 0 Å². The molecule has 0 aliphatic carbocycles. The third-order valence-electron chi connectivity index (χ3n) is 4.84. The monoisotopic (exact) mass is 305 g/mol. The molecule has 0 spiro atoms. The molecule has 6 nitrogen and oxygen atoms in total. The van der Waals surface area contributed by atoms with Gasteiger partial charge in [-0.15, -0.1) is 0 Å². The van der Waals surface area contributed by atoms with Crippen molar-refractivity contribution in [1.82, 2.24) is 20.0 Å². The van der Waals surface area contributed by atoms with Crippen LogP contribution in [-0.2, 0) is 4.79 Å². The summed E-state index contributed by atoms with van der Waals surface area (Å²) in [6.07, 6.45) is 8.01. The largest absolute Gasteiger partial charge is 0.315 e. The molecule has 3 rings (SSSR count). The molecule has 3 heterocycles. The fraction of sp³-hybridized carbons (Fsp3) is 0.750. The fourth-order valence-corrected chi connectivity index (χ4v) is 3.35. The number of carbonyl (C=O) groups is 1. The molecule has 2 saturated heterocycles. The van der Waals surface area contributed by atoms with Gasteiger partial charge in [-0.05, 0) is 45.8 Å². The first kappa shape index (κ1) is 15.5. The lowest BCUT2D eigenvalue weighted by Gasteiger charge is -2.26. The van der Waals surface area contributed by atoms with E-state index < -0.39 is 0 Å². The fourth-order valence-electron chi connectivity index (χ4n) is 3.35. The molecular formula is C16H27N5O. The molecule has 1 aromatic rings. The number of carbonyl (C=O) groups excluding carboxylic acids is 1. The van der Waals surface area contributed by atoms with Crippen LogP contribution < -0.4 is 10.6 Å². The molecule has 0 radical (unpaired) electrons. The molecule has 2 fully saturated rings. The van der Waals surface area contributed by atoms with E-state index in [1.54, 1.807) is 0 Å². The maximum Gasteiger partial charge on any atom is 0.242 e. The number of nitrogens with zero attached hydrogens (tertiary/aromatic N) is 3. The normalized spacial score (nSPS) is 24.9. The zero-order valence-electron chi connectivity index (χ0n) is 13.4. The molecule has 2 aliphatic rings. The number of rotatable bonds is 4. The summed E-state index contributed by atoms with van der Waals surface area (Å²) < 4.78 is 1.96. The Kier molecular flexibility index (Phi) is 5.10. The molecule has 2 N–H and O–H groups in total. The molecule has 0 aromatic carbocycles. The van der Waals surface area contributed by atoms with E-state index in [1.165, 1.54) is 25.7 Å². The highest BCUT2D eigenvalue weighted by molar-refractivity contribution is 5.93. The lowest BCUT2D eigenvalue weighted by atomic mass is 10.2. The smallest absolute Gasteiger partial charge is 0.242 e. The van der Waals surface area contributed by atoms with Crippen LogP contribution in [0.2, 0.25) is 0 Å². The maximum absolute atomic E-state index is 12.4. The van der Waals surface area contributed by atoms with Gasteiger partial charge in [0.05, 0.1) is 12.1 Å². The van der Waals surface area contributed by atoms with Gasteiger partial charge in [-0.2, -0.15) is 5.10 Å². The Morgan fingerprint density at radius 2 is 2.14 bits per heavy atom. The van der Waals surface area contributed by atoms with Crippen molar-refractivity contribution >= 4 is 11.7 Å². The van der Waals surface area contributed by atoms with E-state index in [4.69, 9.17) is 0 Å². The molecule has 1 amide bonds. The molecule has 6 heteroatoms. The van der Waals surface area contributed by atoms with E-state index in [9.17, 15) is 4.79 Å². The Hall–Kier alpha value is -1.40. The minimum Gasteiger partial charge on any atom is -0.315 e. The van der Waals surface area contributed by atoms with Crippen LogP contribution in [-0.4, -0.2) is 52.8 Å². The van der Waals surface area contributed by atoms with Crippen molar-refractivity contribution in [3.63, 3.8) is 0 Å². The second-order valence-electron chi connectivity index (χ2n) is 6.44. The summed E-state index contributed by atoms with van der Waals surface area (Å²) in [5.41, 5.74) is 0. The van der Waals surface area contributed by atoms with Crippen molar-refractivity contribution < 1.29 is 4.79 Å². The van der Waals surface area contributed by atoms with Gasteiger partial charge < -0.3 is 10.6 Å². The van der Waals surface area contributed by atoms with Gasteiger partial charge in [0.2, 0.25) is 5.91 Å². The number of nitrogens with one attached hydrogen (secondary N) is 2. The number of amides is 1. The molecule has 0 saturated carbocycles. The average Bonchev–Trinajstić information content (AvgIpc) is 3.13. The molecule has 22 heavy (non-hydrogen) atoms. The van der Waals surface area contributed by atoms with E-state index in [2.05, 4.69) is 20.6 Å². The van der Waals surface area contributed by atoms with Gasteiger partial charge >= 0.3 is 0 Å². The highest BCUT2D eigenvalue weighted by atomic mass is 16.2. The van der Waals surface area contributed by atoms with Gasteiger partial charge in [-0.3, -0.25) is 14.4 Å². The van der Waals surface area contributed by atoms with Crippen LogP contribution in [0, 0.1) is 0 Å². The Bertz CT molecular complexity index is 486. The second-order valence-corrected chi connectivity index (χ2v) is 6.44. The van der Waals surface area contributed by atoms with Crippen LogP contribution in [0.4, 0.5) is 5.82 Å². The third-order valence-corrected chi connectivity index (χ3v) is 4.84. The standard InChI is InChI=1S/C16H27N5O/c1-13(20-9-4-2-3-5-10-20)16(22)18-15-7-11-21(19-15)14-6-8-17-12-14/h7,11,13-14,17H,2-6,8-10,12H2,1H3,(H,18,19,22)/t13-,14+/m0/s1. The quantitative estimate of drug-likeness (QED) is 0.887. The molecule has 1 aromatic heterocycles. The van der Waals surface area contributed by atoms with Crippen LogP contribution >= 0.6 is 0 Å². The highest BCUT2D eigenvalue weighted by Crippen LogP contribution is 2.17. The van der Waals surface area contributed by atoms with Gasteiger partial charge in [0.25, 0.3) is 0 Å². The van der Waals surface area contributed by atoms with Crippen molar-refractivity contribution in [2.75, 3.05) is 31.5 Å². The van der Waals surface area contributed by atoms with Gasteiger partial charge in [-0.25, -0.2) is 0 Å². The Labute approximate surface area is 132 Å². The first-order valence-corrected chi connectivity index (χ1v) is 8.55. The number of likely N-dealkylation sites (tertiary alicyclic amines) is 1. The minimum absolute atomic E-state index is 0.0525. The number of aromatic nitrogens is 2. The molecule has 0 unspecified atom stereocenters. The summed E-state index contributed by atoms with van der Waals surface area (Å²) >= 11 is 0. The second kappa shape index (κ2) is 7.24. The van der Waals surface area contributed by atoms with Gasteiger partial charge in [-0.1, -0.05) is 12.8 Å². The Balaban J connectivity index is 1.56. The highest BCUT2D eigenvalue weighted by Gasteiger charge is 2.23. The van der Waals surface area contributed by atoms with E-state index in [0.29, 0.717) is 11.9 Å². The van der Waals surface area contributed by atoms with Crippen molar-refractivity contribution in [3.05, 3.63) is 12.3 Å². The zero-order valence-corrected chi connectivity index (χ0v) is 13.4. The molecule has 2 atom stereocenters. The zero-order chi connectivity index (χ0) is 15.4. The Morgan fingerprint density at radius 1 is 1.36 bits per heavy atom. The molecule has 122 valence electrons. The maximum atomic E-state index is 12.4. The Morgan fingerprint density at radius 3 is 2.82 bits per heavy atom. The summed E-state index contributed by atoms with van der Waals surface area (Å²) in [6.45, 7) is 6.05. The number of anilines is 1. The minimum atomic E-state index is -0.0867. The SMILES string of the molecule is C[C@@H](C(=O)Nc1ccn([C@@H]2CCNC2)n1)N1CCCCCC1.